The monoisotopic (exact) mass is 535 g/mol. The van der Waals surface area contributed by atoms with E-state index in [2.05, 4.69) is 31.9 Å². The molecule has 1 N–H and O–H groups in total. The summed E-state index contributed by atoms with van der Waals surface area (Å²) < 4.78 is 0. The molecule has 0 amide bonds. The van der Waals surface area contributed by atoms with E-state index in [0.717, 1.165) is 43.4 Å². The average Bonchev–Trinajstić information content (AvgIpc) is 3.31. The molecule has 2 atom stereocenters. The molecular weight excluding hydrogens is 509 g/mol. The van der Waals surface area contributed by atoms with Crippen LogP contribution in [-0.2, 0) is 0 Å². The van der Waals surface area contributed by atoms with E-state index in [-0.39, 0.29) is 6.04 Å². The Morgan fingerprint density at radius 3 is 2.59 bits per heavy atom. The van der Waals surface area contributed by atoms with Gasteiger partial charge in [-0.25, -0.2) is 4.98 Å². The van der Waals surface area contributed by atoms with Gasteiger partial charge in [-0.3, -0.25) is 0 Å². The molecule has 0 bridgehead atoms. The van der Waals surface area contributed by atoms with Gasteiger partial charge in [0.25, 0.3) is 0 Å². The highest BCUT2D eigenvalue weighted by Gasteiger charge is 2.37. The van der Waals surface area contributed by atoms with E-state index in [4.69, 9.17) is 44.8 Å². The van der Waals surface area contributed by atoms with E-state index < -0.39 is 0 Å². The van der Waals surface area contributed by atoms with Crippen LogP contribution in [0.3, 0.4) is 0 Å². The van der Waals surface area contributed by atoms with Gasteiger partial charge in [-0.1, -0.05) is 40.9 Å². The minimum Gasteiger partial charge on any atom is -0.371 e. The van der Waals surface area contributed by atoms with E-state index in [1.54, 1.807) is 17.4 Å². The van der Waals surface area contributed by atoms with Gasteiger partial charge >= 0.3 is 0 Å². The fraction of sp³-hybridized carbons (Fsp3) is 0.440. The van der Waals surface area contributed by atoms with E-state index in [1.807, 2.05) is 26.0 Å². The molecule has 1 aromatic carbocycles. The number of benzene rings is 1. The minimum absolute atomic E-state index is 0.0844. The van der Waals surface area contributed by atoms with E-state index in [0.29, 0.717) is 32.7 Å². The molecule has 5 nitrogen and oxygen atoms in total. The Bertz CT molecular complexity index is 1150. The number of halogens is 3. The topological polar surface area (TPSA) is 44.3 Å². The summed E-state index contributed by atoms with van der Waals surface area (Å²) in [7, 11) is 0. The van der Waals surface area contributed by atoms with Gasteiger partial charge in [-0.05, 0) is 67.7 Å². The smallest absolute Gasteiger partial charge is 0.227 e. The quantitative estimate of drug-likeness (QED) is 0.357. The summed E-state index contributed by atoms with van der Waals surface area (Å²) >= 11 is 20.8. The zero-order chi connectivity index (χ0) is 23.8. The number of aromatic nitrogens is 2. The van der Waals surface area contributed by atoms with E-state index in [9.17, 15) is 0 Å². The molecule has 0 spiro atoms. The summed E-state index contributed by atoms with van der Waals surface area (Å²) in [5.41, 5.74) is 3.08. The van der Waals surface area contributed by atoms with Crippen molar-refractivity contribution >= 4 is 63.6 Å². The van der Waals surface area contributed by atoms with Crippen LogP contribution in [0.15, 0.2) is 35.0 Å². The second kappa shape index (κ2) is 10.1. The number of nitrogens with zero attached hydrogens (tertiary/aromatic N) is 4. The molecule has 0 aliphatic carbocycles. The molecule has 3 aromatic rings. The van der Waals surface area contributed by atoms with Crippen LogP contribution >= 0.6 is 46.1 Å². The molecule has 2 aromatic heterocycles. The molecule has 2 saturated heterocycles. The number of rotatable bonds is 6. The van der Waals surface area contributed by atoms with Crippen molar-refractivity contribution in [3.8, 4) is 0 Å². The Labute approximate surface area is 220 Å². The maximum atomic E-state index is 6.58. The second-order valence-corrected chi connectivity index (χ2v) is 11.3. The molecule has 0 saturated carbocycles. The van der Waals surface area contributed by atoms with Gasteiger partial charge in [0.15, 0.2) is 5.82 Å². The lowest BCUT2D eigenvalue weighted by atomic mass is 9.80. The predicted molar refractivity (Wildman–Crippen MR) is 145 cm³/mol. The number of nitrogens with one attached hydrogen (secondary N) is 1. The Kier molecular flexibility index (Phi) is 7.12. The third-order valence-electron chi connectivity index (χ3n) is 6.98. The van der Waals surface area contributed by atoms with E-state index >= 15 is 0 Å². The number of hydrogen-bond acceptors (Lipinski definition) is 6. The Morgan fingerprint density at radius 2 is 1.85 bits per heavy atom. The fourth-order valence-electron chi connectivity index (χ4n) is 4.96. The zero-order valence-corrected chi connectivity index (χ0v) is 22.4. The summed E-state index contributed by atoms with van der Waals surface area (Å²) in [5, 5.41) is 9.61. The Hall–Kier alpha value is -1.73. The van der Waals surface area contributed by atoms with Crippen molar-refractivity contribution in [3.05, 3.63) is 61.4 Å². The van der Waals surface area contributed by atoms with Crippen LogP contribution in [0.4, 0.5) is 17.5 Å². The first-order valence-electron chi connectivity index (χ1n) is 11.7. The van der Waals surface area contributed by atoms with Crippen molar-refractivity contribution in [1.29, 1.82) is 0 Å². The van der Waals surface area contributed by atoms with Crippen molar-refractivity contribution in [3.63, 3.8) is 0 Å². The van der Waals surface area contributed by atoms with Gasteiger partial charge in [-0.15, -0.1) is 0 Å². The molecule has 2 aliphatic heterocycles. The molecule has 34 heavy (non-hydrogen) atoms. The van der Waals surface area contributed by atoms with Crippen molar-refractivity contribution in [1.82, 2.24) is 9.97 Å². The Morgan fingerprint density at radius 1 is 1.06 bits per heavy atom. The van der Waals surface area contributed by atoms with Crippen molar-refractivity contribution in [2.45, 2.75) is 32.7 Å². The van der Waals surface area contributed by atoms with Gasteiger partial charge < -0.3 is 15.1 Å². The zero-order valence-electron chi connectivity index (χ0n) is 19.3. The normalized spacial score (nSPS) is 19.7. The van der Waals surface area contributed by atoms with E-state index in [1.165, 1.54) is 18.5 Å². The van der Waals surface area contributed by atoms with Crippen molar-refractivity contribution in [2.24, 2.45) is 11.8 Å². The van der Waals surface area contributed by atoms with Crippen LogP contribution in [0, 0.1) is 18.8 Å². The number of anilines is 3. The Balaban J connectivity index is 1.25. The third kappa shape index (κ3) is 4.97. The summed E-state index contributed by atoms with van der Waals surface area (Å²) in [6.45, 7) is 8.23. The molecule has 1 unspecified atom stereocenters. The van der Waals surface area contributed by atoms with Crippen LogP contribution in [-0.4, -0.2) is 36.1 Å². The van der Waals surface area contributed by atoms with Crippen LogP contribution in [0.2, 0.25) is 15.1 Å². The van der Waals surface area contributed by atoms with Crippen LogP contribution < -0.4 is 15.1 Å². The summed E-state index contributed by atoms with van der Waals surface area (Å²) in [6, 6.07) is 7.66. The average molecular weight is 537 g/mol. The molecule has 4 heterocycles. The maximum Gasteiger partial charge on any atom is 0.227 e. The summed E-state index contributed by atoms with van der Waals surface area (Å²) in [4.78, 5) is 14.3. The molecule has 2 fully saturated rings. The minimum atomic E-state index is -0.0844. The SMILES string of the molecule is Cc1nc(N2CC(C3CCCN(c4ccsc4)C3)C2)nc(N[C@H](C)c2ccc(Cl)cc2Cl)c1Cl. The van der Waals surface area contributed by atoms with Crippen molar-refractivity contribution in [2.75, 3.05) is 41.3 Å². The first-order valence-corrected chi connectivity index (χ1v) is 13.7. The number of hydrogen-bond donors (Lipinski definition) is 1. The van der Waals surface area contributed by atoms with Gasteiger partial charge in [0.2, 0.25) is 5.95 Å². The van der Waals surface area contributed by atoms with Gasteiger partial charge in [0, 0.05) is 47.3 Å². The summed E-state index contributed by atoms with van der Waals surface area (Å²) in [6.07, 6.45) is 2.55. The highest BCUT2D eigenvalue weighted by molar-refractivity contribution is 7.08. The molecule has 0 radical (unpaired) electrons. The standard InChI is InChI=1S/C25H28Cl3N5S/c1-15(21-6-5-19(26)10-22(21)27)29-24-23(28)16(2)30-25(31-24)33-12-18(13-33)17-4-3-8-32(11-17)20-7-9-34-14-20/h5-7,9-10,14-15,17-18H,3-4,8,11-13H2,1-2H3,(H,29,30,31)/t15-,17?/m1/s1. The molecule has 9 heteroatoms. The van der Waals surface area contributed by atoms with Gasteiger partial charge in [0.1, 0.15) is 5.02 Å². The van der Waals surface area contributed by atoms with Crippen molar-refractivity contribution < 1.29 is 0 Å². The van der Waals surface area contributed by atoms with Crippen LogP contribution in [0.25, 0.3) is 0 Å². The molecular formula is C25H28Cl3N5S. The van der Waals surface area contributed by atoms with Crippen LogP contribution in [0.5, 0.6) is 0 Å². The number of thiophene rings is 1. The lowest BCUT2D eigenvalue weighted by molar-refractivity contribution is 0.236. The molecule has 2 aliphatic rings. The largest absolute Gasteiger partial charge is 0.371 e. The highest BCUT2D eigenvalue weighted by Crippen LogP contribution is 2.37. The van der Waals surface area contributed by atoms with Gasteiger partial charge in [0.05, 0.1) is 11.7 Å². The predicted octanol–water partition coefficient (Wildman–Crippen LogP) is 7.33. The number of piperidine rings is 1. The number of aryl methyl sites for hydroxylation is 1. The summed E-state index contributed by atoms with van der Waals surface area (Å²) in [5.74, 6) is 2.75. The lowest BCUT2D eigenvalue weighted by Gasteiger charge is -2.47. The first kappa shape index (κ1) is 24.0. The van der Waals surface area contributed by atoms with Crippen LogP contribution in [0.1, 0.15) is 37.1 Å². The molecule has 5 rings (SSSR count). The third-order valence-corrected chi connectivity index (χ3v) is 8.66. The molecule has 180 valence electrons. The highest BCUT2D eigenvalue weighted by atomic mass is 35.5. The maximum absolute atomic E-state index is 6.58. The van der Waals surface area contributed by atoms with Gasteiger partial charge in [-0.2, -0.15) is 16.3 Å². The fourth-order valence-corrected chi connectivity index (χ4v) is 6.33. The second-order valence-electron chi connectivity index (χ2n) is 9.30. The lowest BCUT2D eigenvalue weighted by Crippen LogP contribution is -2.54. The first-order chi connectivity index (χ1) is 16.4.